The molecule has 11 nitrogen and oxygen atoms in total. The van der Waals surface area contributed by atoms with Crippen molar-refractivity contribution in [3.05, 3.63) is 88.6 Å². The van der Waals surface area contributed by atoms with Crippen LogP contribution in [0.25, 0.3) is 0 Å². The molecule has 0 radical (unpaired) electrons. The van der Waals surface area contributed by atoms with Crippen molar-refractivity contribution in [2.75, 3.05) is 22.6 Å². The molecule has 0 saturated carbocycles. The molecule has 0 atom stereocenters. The Labute approximate surface area is 268 Å². The van der Waals surface area contributed by atoms with Crippen LogP contribution in [0.1, 0.15) is 75.9 Å². The number of nitrogens with zero attached hydrogens (tertiary/aromatic N) is 2. The third-order valence-corrected chi connectivity index (χ3v) is 8.89. The molecule has 0 unspecified atom stereocenters. The predicted molar refractivity (Wildman–Crippen MR) is 168 cm³/mol. The van der Waals surface area contributed by atoms with Crippen LogP contribution in [0.15, 0.2) is 65.2 Å². The Balaban J connectivity index is 1.80. The van der Waals surface area contributed by atoms with Gasteiger partial charge in [-0.15, -0.1) is 0 Å². The van der Waals surface area contributed by atoms with Gasteiger partial charge >= 0.3 is 18.1 Å². The van der Waals surface area contributed by atoms with Crippen molar-refractivity contribution in [2.45, 2.75) is 44.7 Å². The highest BCUT2D eigenvalue weighted by Crippen LogP contribution is 2.29. The number of aromatic nitrogens is 1. The number of carboxylic acids is 2. The van der Waals surface area contributed by atoms with Crippen LogP contribution in [-0.2, 0) is 25.5 Å². The molecule has 2 amide bonds. The maximum absolute atomic E-state index is 13.5. The number of pyridine rings is 1. The lowest BCUT2D eigenvalue weighted by atomic mass is 10.1. The number of hydrogen-bond donors (Lipinski definition) is 4. The second kappa shape index (κ2) is 16.4. The van der Waals surface area contributed by atoms with Crippen molar-refractivity contribution in [3.63, 3.8) is 0 Å². The van der Waals surface area contributed by atoms with Crippen LogP contribution in [-0.4, -0.2) is 54.7 Å². The number of nitrogens with two attached hydrogens (primary N) is 1. The van der Waals surface area contributed by atoms with Crippen molar-refractivity contribution in [1.29, 1.82) is 0 Å². The van der Waals surface area contributed by atoms with E-state index < -0.39 is 45.2 Å². The molecule has 0 saturated heterocycles. The summed E-state index contributed by atoms with van der Waals surface area (Å²) in [6.07, 6.45) is -2.83. The number of hydrogen-bond acceptors (Lipinski definition) is 7. The standard InChI is InChI=1S/C32H31F3N4O7S/c33-32(34,35)25-9-6-8-23(19-25)30(44)38-26-10-5-7-21(17-26)13-14-22-18-24(20-37-29(22)36)31(45)39-47(46,15-3-1-11-27(40)41)16-4-2-12-28(42)43/h5-10,17-20H,1-4,11-12,15-16H2,(H2,36,37)(H,38,44)(H,40,41)(H,42,43). The number of nitrogens with one attached hydrogen (secondary N) is 1. The highest BCUT2D eigenvalue weighted by atomic mass is 32.2. The first kappa shape index (κ1) is 36.2. The number of nitrogen functional groups attached to an aromatic ring is 1. The lowest BCUT2D eigenvalue weighted by Crippen LogP contribution is -2.15. The molecule has 0 aliphatic heterocycles. The van der Waals surface area contributed by atoms with Gasteiger partial charge in [0, 0.05) is 47.4 Å². The fraction of sp³-hybridized carbons (Fsp3) is 0.281. The van der Waals surface area contributed by atoms with Crippen molar-refractivity contribution in [2.24, 2.45) is 4.36 Å². The Bertz CT molecular complexity index is 1810. The fourth-order valence-electron chi connectivity index (χ4n) is 4.15. The second-order valence-electron chi connectivity index (χ2n) is 10.3. The third kappa shape index (κ3) is 11.9. The zero-order chi connectivity index (χ0) is 34.6. The van der Waals surface area contributed by atoms with E-state index in [4.69, 9.17) is 15.9 Å². The Hall–Kier alpha value is -5.23. The Morgan fingerprint density at radius 2 is 1.51 bits per heavy atom. The number of benzene rings is 2. The molecule has 5 N–H and O–H groups in total. The van der Waals surface area contributed by atoms with Crippen LogP contribution in [0.3, 0.4) is 0 Å². The van der Waals surface area contributed by atoms with Crippen LogP contribution in [0.2, 0.25) is 0 Å². The van der Waals surface area contributed by atoms with Gasteiger partial charge in [-0.05, 0) is 68.1 Å². The fourth-order valence-corrected chi connectivity index (χ4v) is 6.26. The topological polar surface area (TPSA) is 189 Å². The quantitative estimate of drug-likeness (QED) is 0.135. The molecular formula is C32H31F3N4O7S. The van der Waals surface area contributed by atoms with E-state index in [1.165, 1.54) is 24.3 Å². The number of carboxylic acid groups (broad SMARTS) is 2. The van der Waals surface area contributed by atoms with Gasteiger partial charge in [-0.1, -0.05) is 24.0 Å². The largest absolute Gasteiger partial charge is 0.481 e. The molecule has 15 heteroatoms. The summed E-state index contributed by atoms with van der Waals surface area (Å²) in [6.45, 7) is 0. The number of alkyl halides is 3. The molecule has 47 heavy (non-hydrogen) atoms. The number of unbranched alkanes of at least 4 members (excludes halogenated alkanes) is 2. The summed E-state index contributed by atoms with van der Waals surface area (Å²) in [7, 11) is -3.15. The zero-order valence-electron chi connectivity index (χ0n) is 24.9. The first-order valence-electron chi connectivity index (χ1n) is 14.2. The monoisotopic (exact) mass is 672 g/mol. The molecule has 248 valence electrons. The molecular weight excluding hydrogens is 641 g/mol. The molecule has 0 aliphatic carbocycles. The van der Waals surface area contributed by atoms with E-state index in [1.54, 1.807) is 12.1 Å². The molecule has 0 bridgehead atoms. The second-order valence-corrected chi connectivity index (χ2v) is 12.8. The van der Waals surface area contributed by atoms with Crippen molar-refractivity contribution in [3.8, 4) is 11.8 Å². The molecule has 2 aromatic carbocycles. The van der Waals surface area contributed by atoms with Gasteiger partial charge in [-0.25, -0.2) is 9.19 Å². The first-order chi connectivity index (χ1) is 22.1. The van der Waals surface area contributed by atoms with Crippen molar-refractivity contribution >= 4 is 45.0 Å². The Morgan fingerprint density at radius 3 is 2.13 bits per heavy atom. The van der Waals surface area contributed by atoms with Crippen LogP contribution in [0.4, 0.5) is 24.7 Å². The van der Waals surface area contributed by atoms with Crippen molar-refractivity contribution < 1.29 is 46.8 Å². The molecule has 0 aliphatic rings. The lowest BCUT2D eigenvalue weighted by Gasteiger charge is -2.10. The van der Waals surface area contributed by atoms with Crippen LogP contribution >= 0.6 is 0 Å². The van der Waals surface area contributed by atoms with Crippen LogP contribution in [0.5, 0.6) is 0 Å². The van der Waals surface area contributed by atoms with Gasteiger partial charge in [0.05, 0.1) is 26.4 Å². The lowest BCUT2D eigenvalue weighted by molar-refractivity contribution is -0.138. The number of carbonyl (C=O) groups is 4. The van der Waals surface area contributed by atoms with Gasteiger partial charge in [0.2, 0.25) is 0 Å². The number of aliphatic carboxylic acids is 2. The molecule has 3 rings (SSSR count). The SMILES string of the molecule is Nc1ncc(C(=O)N=S(=O)(CCCCC(=O)O)CCCCC(=O)O)cc1C#Cc1cccc(NC(=O)c2cccc(C(F)(F)F)c2)c1. The third-order valence-electron chi connectivity index (χ3n) is 6.54. The number of halogens is 3. The van der Waals surface area contributed by atoms with Crippen LogP contribution in [0, 0.1) is 11.8 Å². The van der Waals surface area contributed by atoms with E-state index in [-0.39, 0.29) is 78.2 Å². The zero-order valence-corrected chi connectivity index (χ0v) is 25.7. The van der Waals surface area contributed by atoms with E-state index in [0.717, 1.165) is 24.4 Å². The summed E-state index contributed by atoms with van der Waals surface area (Å²) in [5.41, 5.74) is 5.52. The highest BCUT2D eigenvalue weighted by molar-refractivity contribution is 7.93. The number of amides is 2. The molecule has 0 fully saturated rings. The van der Waals surface area contributed by atoms with Gasteiger partial charge < -0.3 is 21.3 Å². The van der Waals surface area contributed by atoms with E-state index in [2.05, 4.69) is 26.5 Å². The smallest absolute Gasteiger partial charge is 0.416 e. The van der Waals surface area contributed by atoms with Gasteiger partial charge in [0.15, 0.2) is 0 Å². The van der Waals surface area contributed by atoms with E-state index in [0.29, 0.717) is 5.56 Å². The molecule has 0 spiro atoms. The van der Waals surface area contributed by atoms with Gasteiger partial charge in [-0.2, -0.15) is 17.5 Å². The first-order valence-corrected chi connectivity index (χ1v) is 16.1. The molecule has 1 heterocycles. The minimum Gasteiger partial charge on any atom is -0.481 e. The van der Waals surface area contributed by atoms with E-state index in [9.17, 15) is 36.6 Å². The molecule has 3 aromatic rings. The van der Waals surface area contributed by atoms with Crippen molar-refractivity contribution in [1.82, 2.24) is 4.98 Å². The minimum atomic E-state index is -4.61. The summed E-state index contributed by atoms with van der Waals surface area (Å²) in [5, 5.41) is 20.3. The van der Waals surface area contributed by atoms with Gasteiger partial charge in [0.25, 0.3) is 11.8 Å². The van der Waals surface area contributed by atoms with Crippen LogP contribution < -0.4 is 11.1 Å². The average molecular weight is 673 g/mol. The summed E-state index contributed by atoms with van der Waals surface area (Å²) in [6, 6.07) is 11.5. The highest BCUT2D eigenvalue weighted by Gasteiger charge is 2.31. The minimum absolute atomic E-state index is 0.0221. The average Bonchev–Trinajstić information content (AvgIpc) is 3.01. The van der Waals surface area contributed by atoms with Gasteiger partial charge in [0.1, 0.15) is 5.82 Å². The molecule has 1 aromatic heterocycles. The summed E-state index contributed by atoms with van der Waals surface area (Å²) in [5.74, 6) is 1.83. The van der Waals surface area contributed by atoms with E-state index in [1.807, 2.05) is 0 Å². The summed E-state index contributed by atoms with van der Waals surface area (Å²) in [4.78, 5) is 51.3. The van der Waals surface area contributed by atoms with E-state index >= 15 is 0 Å². The summed E-state index contributed by atoms with van der Waals surface area (Å²) >= 11 is 0. The summed E-state index contributed by atoms with van der Waals surface area (Å²) < 4.78 is 56.6. The van der Waals surface area contributed by atoms with Gasteiger partial charge in [-0.3, -0.25) is 19.2 Å². The number of anilines is 2. The Morgan fingerprint density at radius 1 is 0.872 bits per heavy atom. The number of carbonyl (C=O) groups excluding carboxylic acids is 2. The maximum Gasteiger partial charge on any atom is 0.416 e. The Kier molecular flexibility index (Phi) is 12.6. The normalized spacial score (nSPS) is 11.2. The maximum atomic E-state index is 13.5. The number of rotatable bonds is 13. The predicted octanol–water partition coefficient (Wildman–Crippen LogP) is 5.45.